The number of carboxylic acid groups (broad SMARTS) is 1. The fourth-order valence-electron chi connectivity index (χ4n) is 1.71. The van der Waals surface area contributed by atoms with Crippen molar-refractivity contribution in [2.24, 2.45) is 0 Å². The van der Waals surface area contributed by atoms with Gasteiger partial charge in [0.05, 0.1) is 6.04 Å². The number of hydrogen-bond acceptors (Lipinski definition) is 3. The van der Waals surface area contributed by atoms with Crippen molar-refractivity contribution in [1.29, 1.82) is 0 Å². The van der Waals surface area contributed by atoms with Gasteiger partial charge < -0.3 is 10.4 Å². The van der Waals surface area contributed by atoms with Crippen molar-refractivity contribution in [3.8, 4) is 0 Å². The molecule has 5 nitrogen and oxygen atoms in total. The third-order valence-electron chi connectivity index (χ3n) is 2.90. The maximum atomic E-state index is 12.0. The van der Waals surface area contributed by atoms with E-state index in [9.17, 15) is 14.4 Å². The first-order valence-electron chi connectivity index (χ1n) is 6.74. The van der Waals surface area contributed by atoms with E-state index in [0.29, 0.717) is 18.4 Å². The summed E-state index contributed by atoms with van der Waals surface area (Å²) < 4.78 is 0. The zero-order chi connectivity index (χ0) is 15.7. The molecule has 1 aromatic rings. The molecule has 0 aliphatic heterocycles. The highest BCUT2D eigenvalue weighted by Gasteiger charge is 2.16. The molecule has 2 N–H and O–H groups in total. The van der Waals surface area contributed by atoms with E-state index in [1.165, 1.54) is 6.92 Å². The predicted octanol–water partition coefficient (Wildman–Crippen LogP) is 2.19. The highest BCUT2D eigenvalue weighted by atomic mass is 16.4. The summed E-state index contributed by atoms with van der Waals surface area (Å²) in [6.45, 7) is 1.42. The number of rotatable bonds is 8. The highest BCUT2D eigenvalue weighted by Crippen LogP contribution is 2.03. The van der Waals surface area contributed by atoms with Crippen LogP contribution in [0.5, 0.6) is 0 Å². The lowest BCUT2D eigenvalue weighted by Crippen LogP contribution is -2.39. The van der Waals surface area contributed by atoms with E-state index >= 15 is 0 Å². The summed E-state index contributed by atoms with van der Waals surface area (Å²) in [6, 6.07) is 8.07. The first kappa shape index (κ1) is 16.6. The van der Waals surface area contributed by atoms with Crippen LogP contribution in [-0.4, -0.2) is 28.8 Å². The van der Waals surface area contributed by atoms with Crippen molar-refractivity contribution < 1.29 is 19.5 Å². The maximum Gasteiger partial charge on any atom is 0.303 e. The van der Waals surface area contributed by atoms with Gasteiger partial charge in [0.15, 0.2) is 5.78 Å². The third-order valence-corrected chi connectivity index (χ3v) is 2.90. The van der Waals surface area contributed by atoms with E-state index in [2.05, 4.69) is 5.32 Å². The molecule has 0 aliphatic carbocycles. The van der Waals surface area contributed by atoms with Crippen molar-refractivity contribution in [2.75, 3.05) is 0 Å². The van der Waals surface area contributed by atoms with Gasteiger partial charge in [0, 0.05) is 12.0 Å². The molecule has 0 saturated heterocycles. The molecule has 0 saturated carbocycles. The lowest BCUT2D eigenvalue weighted by Gasteiger charge is -2.14. The van der Waals surface area contributed by atoms with E-state index in [1.54, 1.807) is 36.4 Å². The Balaban J connectivity index is 2.52. The molecule has 0 radical (unpaired) electrons. The van der Waals surface area contributed by atoms with Crippen molar-refractivity contribution in [3.05, 3.63) is 48.0 Å². The zero-order valence-electron chi connectivity index (χ0n) is 11.9. The van der Waals surface area contributed by atoms with Gasteiger partial charge >= 0.3 is 5.97 Å². The van der Waals surface area contributed by atoms with Gasteiger partial charge in [0.25, 0.3) is 5.91 Å². The van der Waals surface area contributed by atoms with Crippen LogP contribution in [0.25, 0.3) is 0 Å². The van der Waals surface area contributed by atoms with Crippen LogP contribution in [-0.2, 0) is 9.59 Å². The number of Topliss-reactive ketones (excluding diaryl/α,β-unsaturated/α-hetero) is 1. The summed E-state index contributed by atoms with van der Waals surface area (Å²) in [5, 5.41) is 11.2. The van der Waals surface area contributed by atoms with Crippen LogP contribution in [0.3, 0.4) is 0 Å². The van der Waals surface area contributed by atoms with Crippen LogP contribution in [0.1, 0.15) is 36.5 Å². The monoisotopic (exact) mass is 289 g/mol. The van der Waals surface area contributed by atoms with Gasteiger partial charge in [-0.15, -0.1) is 0 Å². The molecule has 1 unspecified atom stereocenters. The van der Waals surface area contributed by atoms with Crippen LogP contribution >= 0.6 is 0 Å². The minimum absolute atomic E-state index is 0.0532. The molecular weight excluding hydrogens is 270 g/mol. The number of aliphatic carboxylic acids is 1. The number of carbonyl (C=O) groups excluding carboxylic acids is 2. The summed E-state index contributed by atoms with van der Waals surface area (Å²) in [7, 11) is 0. The molecular formula is C16H19NO4. The molecule has 0 aromatic heterocycles. The van der Waals surface area contributed by atoms with E-state index in [0.717, 1.165) is 0 Å². The first-order chi connectivity index (χ1) is 10.0. The summed E-state index contributed by atoms with van der Waals surface area (Å²) in [5.41, 5.74) is 0.499. The SMILES string of the molecule is CC(=O)C(C/C=C/CCC(=O)O)NC(=O)c1ccccc1. The molecule has 0 heterocycles. The standard InChI is InChI=1S/C16H19NO4/c1-12(18)14(10-6-3-7-11-15(19)20)17-16(21)13-8-4-2-5-9-13/h2-6,8-9,14H,7,10-11H2,1H3,(H,17,21)(H,19,20)/b6-3+. The van der Waals surface area contributed by atoms with Gasteiger partial charge in [-0.05, 0) is 31.9 Å². The van der Waals surface area contributed by atoms with Crippen molar-refractivity contribution in [3.63, 3.8) is 0 Å². The Labute approximate surface area is 123 Å². The summed E-state index contributed by atoms with van der Waals surface area (Å²) in [4.78, 5) is 33.9. The molecule has 0 fully saturated rings. The number of amides is 1. The molecule has 1 aromatic carbocycles. The molecule has 1 amide bonds. The second-order valence-corrected chi connectivity index (χ2v) is 4.64. The Hall–Kier alpha value is -2.43. The number of nitrogens with one attached hydrogen (secondary N) is 1. The lowest BCUT2D eigenvalue weighted by molar-refractivity contribution is -0.136. The van der Waals surface area contributed by atoms with Gasteiger partial charge in [-0.25, -0.2) is 0 Å². The van der Waals surface area contributed by atoms with E-state index in [-0.39, 0.29) is 18.1 Å². The molecule has 0 aliphatic rings. The summed E-state index contributed by atoms with van der Waals surface area (Å²) >= 11 is 0. The van der Waals surface area contributed by atoms with Crippen molar-refractivity contribution in [2.45, 2.75) is 32.2 Å². The zero-order valence-corrected chi connectivity index (χ0v) is 11.9. The molecule has 1 rings (SSSR count). The molecule has 21 heavy (non-hydrogen) atoms. The Morgan fingerprint density at radius 3 is 2.43 bits per heavy atom. The average Bonchev–Trinajstić information content (AvgIpc) is 2.45. The topological polar surface area (TPSA) is 83.5 Å². The summed E-state index contributed by atoms with van der Waals surface area (Å²) in [6.07, 6.45) is 4.25. The second-order valence-electron chi connectivity index (χ2n) is 4.64. The second kappa shape index (κ2) is 8.68. The fourth-order valence-corrected chi connectivity index (χ4v) is 1.71. The number of hydrogen-bond donors (Lipinski definition) is 2. The van der Waals surface area contributed by atoms with E-state index < -0.39 is 12.0 Å². The number of benzene rings is 1. The van der Waals surface area contributed by atoms with Gasteiger partial charge in [-0.3, -0.25) is 14.4 Å². The number of ketones is 1. The van der Waals surface area contributed by atoms with Crippen LogP contribution in [0, 0.1) is 0 Å². The van der Waals surface area contributed by atoms with E-state index in [4.69, 9.17) is 5.11 Å². The number of carboxylic acids is 1. The predicted molar refractivity (Wildman–Crippen MR) is 79.0 cm³/mol. The molecule has 0 spiro atoms. The van der Waals surface area contributed by atoms with Crippen LogP contribution in [0.4, 0.5) is 0 Å². The normalized spacial score (nSPS) is 12.0. The van der Waals surface area contributed by atoms with E-state index in [1.807, 2.05) is 6.07 Å². The smallest absolute Gasteiger partial charge is 0.303 e. The largest absolute Gasteiger partial charge is 0.481 e. The van der Waals surface area contributed by atoms with Crippen LogP contribution in [0.2, 0.25) is 0 Å². The molecule has 5 heteroatoms. The van der Waals surface area contributed by atoms with Gasteiger partial charge in [-0.1, -0.05) is 30.4 Å². The Kier molecular flexibility index (Phi) is 6.87. The number of carbonyl (C=O) groups is 3. The summed E-state index contributed by atoms with van der Waals surface area (Å²) in [5.74, 6) is -1.29. The number of allylic oxidation sites excluding steroid dienone is 1. The third kappa shape index (κ3) is 6.51. The Bertz CT molecular complexity index is 522. The van der Waals surface area contributed by atoms with Gasteiger partial charge in [-0.2, -0.15) is 0 Å². The average molecular weight is 289 g/mol. The van der Waals surface area contributed by atoms with Crippen LogP contribution < -0.4 is 5.32 Å². The molecule has 1 atom stereocenters. The molecule has 0 bridgehead atoms. The van der Waals surface area contributed by atoms with Gasteiger partial charge in [0.2, 0.25) is 0 Å². The fraction of sp³-hybridized carbons (Fsp3) is 0.312. The van der Waals surface area contributed by atoms with Crippen LogP contribution in [0.15, 0.2) is 42.5 Å². The Morgan fingerprint density at radius 2 is 1.86 bits per heavy atom. The lowest BCUT2D eigenvalue weighted by atomic mass is 10.1. The molecule has 112 valence electrons. The van der Waals surface area contributed by atoms with Crippen molar-refractivity contribution >= 4 is 17.7 Å². The minimum Gasteiger partial charge on any atom is -0.481 e. The van der Waals surface area contributed by atoms with Crippen molar-refractivity contribution in [1.82, 2.24) is 5.32 Å². The highest BCUT2D eigenvalue weighted by molar-refractivity contribution is 5.97. The van der Waals surface area contributed by atoms with Gasteiger partial charge in [0.1, 0.15) is 0 Å². The Morgan fingerprint density at radius 1 is 1.19 bits per heavy atom. The first-order valence-corrected chi connectivity index (χ1v) is 6.74. The maximum absolute atomic E-state index is 12.0. The quantitative estimate of drug-likeness (QED) is 0.718. The minimum atomic E-state index is -0.861.